The molecule has 0 fully saturated rings. The average molecular weight is 366 g/mol. The Kier molecular flexibility index (Phi) is 6.57. The zero-order chi connectivity index (χ0) is 17.5. The number of rotatable bonds is 6. The highest BCUT2D eigenvalue weighted by molar-refractivity contribution is 7.98. The standard InChI is InChI=1S/C16H16ClN3O3S/c1-3-10-6-4-5-7-12(10)19-13(21)9-23-15(22)14-11(17)8-18-16(20-14)24-2/h4-8H,3,9H2,1-2H3,(H,19,21). The Morgan fingerprint density at radius 1 is 1.33 bits per heavy atom. The molecule has 1 amide bonds. The molecule has 0 atom stereocenters. The van der Waals surface area contributed by atoms with Crippen LogP contribution in [0.25, 0.3) is 0 Å². The van der Waals surface area contributed by atoms with Crippen molar-refractivity contribution in [3.05, 3.63) is 46.7 Å². The smallest absolute Gasteiger partial charge is 0.359 e. The lowest BCUT2D eigenvalue weighted by molar-refractivity contribution is -0.119. The summed E-state index contributed by atoms with van der Waals surface area (Å²) in [5.74, 6) is -1.20. The third-order valence-corrected chi connectivity index (χ3v) is 3.94. The van der Waals surface area contributed by atoms with Crippen molar-refractivity contribution in [3.8, 4) is 0 Å². The van der Waals surface area contributed by atoms with Crippen LogP contribution in [0.3, 0.4) is 0 Å². The number of thioether (sulfide) groups is 1. The Morgan fingerprint density at radius 3 is 2.79 bits per heavy atom. The predicted molar refractivity (Wildman–Crippen MR) is 93.6 cm³/mol. The van der Waals surface area contributed by atoms with Gasteiger partial charge in [-0.2, -0.15) is 0 Å². The van der Waals surface area contributed by atoms with Crippen LogP contribution >= 0.6 is 23.4 Å². The molecule has 0 aliphatic heterocycles. The zero-order valence-electron chi connectivity index (χ0n) is 13.2. The van der Waals surface area contributed by atoms with Crippen molar-refractivity contribution in [2.75, 3.05) is 18.2 Å². The van der Waals surface area contributed by atoms with Crippen LogP contribution in [-0.2, 0) is 16.0 Å². The SMILES string of the molecule is CCc1ccccc1NC(=O)COC(=O)c1nc(SC)ncc1Cl. The Bertz CT molecular complexity index is 755. The van der Waals surface area contributed by atoms with E-state index in [1.807, 2.05) is 25.1 Å². The van der Waals surface area contributed by atoms with Gasteiger partial charge in [0.15, 0.2) is 17.5 Å². The highest BCUT2D eigenvalue weighted by atomic mass is 35.5. The lowest BCUT2D eigenvalue weighted by Crippen LogP contribution is -2.22. The van der Waals surface area contributed by atoms with Gasteiger partial charge in [-0.3, -0.25) is 4.79 Å². The summed E-state index contributed by atoms with van der Waals surface area (Å²) in [6, 6.07) is 7.44. The molecule has 1 aromatic heterocycles. The summed E-state index contributed by atoms with van der Waals surface area (Å²) in [7, 11) is 0. The summed E-state index contributed by atoms with van der Waals surface area (Å²) >= 11 is 7.17. The largest absolute Gasteiger partial charge is 0.451 e. The number of amides is 1. The van der Waals surface area contributed by atoms with Gasteiger partial charge in [-0.1, -0.05) is 48.5 Å². The van der Waals surface area contributed by atoms with Gasteiger partial charge in [0.1, 0.15) is 0 Å². The zero-order valence-corrected chi connectivity index (χ0v) is 14.8. The number of halogens is 1. The average Bonchev–Trinajstić information content (AvgIpc) is 2.60. The first-order valence-corrected chi connectivity index (χ1v) is 8.76. The molecule has 2 aromatic rings. The second kappa shape index (κ2) is 8.65. The number of nitrogens with zero attached hydrogens (tertiary/aromatic N) is 2. The molecule has 1 N–H and O–H groups in total. The van der Waals surface area contributed by atoms with Gasteiger partial charge in [-0.25, -0.2) is 14.8 Å². The molecule has 2 rings (SSSR count). The Morgan fingerprint density at radius 2 is 2.08 bits per heavy atom. The molecule has 6 nitrogen and oxygen atoms in total. The third kappa shape index (κ3) is 4.69. The molecular weight excluding hydrogens is 350 g/mol. The summed E-state index contributed by atoms with van der Waals surface area (Å²) < 4.78 is 4.98. The minimum absolute atomic E-state index is 0.0576. The van der Waals surface area contributed by atoms with Crippen molar-refractivity contribution >= 4 is 40.9 Å². The van der Waals surface area contributed by atoms with Gasteiger partial charge in [0, 0.05) is 5.69 Å². The predicted octanol–water partition coefficient (Wildman–Crippen LogP) is 3.21. The molecule has 1 aromatic carbocycles. The maximum absolute atomic E-state index is 12.0. The summed E-state index contributed by atoms with van der Waals surface area (Å²) in [6.07, 6.45) is 3.88. The number of carbonyl (C=O) groups is 2. The molecule has 0 aliphatic carbocycles. The fraction of sp³-hybridized carbons (Fsp3) is 0.250. The van der Waals surface area contributed by atoms with Gasteiger partial charge in [-0.15, -0.1) is 0 Å². The summed E-state index contributed by atoms with van der Waals surface area (Å²) in [6.45, 7) is 1.57. The minimum atomic E-state index is -0.767. The van der Waals surface area contributed by atoms with E-state index in [4.69, 9.17) is 16.3 Å². The quantitative estimate of drug-likeness (QED) is 0.481. The number of aryl methyl sites for hydroxylation is 1. The molecule has 0 spiro atoms. The molecule has 126 valence electrons. The lowest BCUT2D eigenvalue weighted by Gasteiger charge is -2.10. The monoisotopic (exact) mass is 365 g/mol. The number of anilines is 1. The normalized spacial score (nSPS) is 10.3. The van der Waals surface area contributed by atoms with Gasteiger partial charge >= 0.3 is 5.97 Å². The number of carbonyl (C=O) groups excluding carboxylic acids is 2. The summed E-state index contributed by atoms with van der Waals surface area (Å²) in [5.41, 5.74) is 1.64. The molecule has 0 radical (unpaired) electrons. The van der Waals surface area contributed by atoms with E-state index >= 15 is 0 Å². The van der Waals surface area contributed by atoms with E-state index in [0.29, 0.717) is 10.8 Å². The van der Waals surface area contributed by atoms with E-state index in [-0.39, 0.29) is 10.7 Å². The van der Waals surface area contributed by atoms with Crippen LogP contribution in [0.5, 0.6) is 0 Å². The minimum Gasteiger partial charge on any atom is -0.451 e. The van der Waals surface area contributed by atoms with Gasteiger partial charge in [-0.05, 0) is 24.3 Å². The molecule has 8 heteroatoms. The number of nitrogens with one attached hydrogen (secondary N) is 1. The van der Waals surface area contributed by atoms with Crippen LogP contribution < -0.4 is 5.32 Å². The first kappa shape index (κ1) is 18.2. The van der Waals surface area contributed by atoms with Crippen molar-refractivity contribution in [1.29, 1.82) is 0 Å². The Hall–Kier alpha value is -2.12. The second-order valence-electron chi connectivity index (χ2n) is 4.69. The number of hydrogen-bond donors (Lipinski definition) is 1. The number of esters is 1. The third-order valence-electron chi connectivity index (χ3n) is 3.10. The Labute approximate surface area is 149 Å². The van der Waals surface area contributed by atoms with E-state index in [1.54, 1.807) is 12.3 Å². The molecule has 24 heavy (non-hydrogen) atoms. The van der Waals surface area contributed by atoms with Crippen molar-refractivity contribution in [3.63, 3.8) is 0 Å². The molecule has 1 heterocycles. The van der Waals surface area contributed by atoms with Gasteiger partial charge in [0.2, 0.25) is 0 Å². The van der Waals surface area contributed by atoms with Gasteiger partial charge in [0.25, 0.3) is 5.91 Å². The molecule has 0 saturated carbocycles. The molecule has 0 unspecified atom stereocenters. The van der Waals surface area contributed by atoms with E-state index in [0.717, 1.165) is 12.0 Å². The molecule has 0 aliphatic rings. The first-order valence-electron chi connectivity index (χ1n) is 7.16. The first-order chi connectivity index (χ1) is 11.5. The fourth-order valence-corrected chi connectivity index (χ4v) is 2.44. The van der Waals surface area contributed by atoms with Gasteiger partial charge < -0.3 is 10.1 Å². The van der Waals surface area contributed by atoms with E-state index in [9.17, 15) is 9.59 Å². The van der Waals surface area contributed by atoms with Crippen molar-refractivity contribution in [2.45, 2.75) is 18.5 Å². The molecule has 0 bridgehead atoms. The maximum atomic E-state index is 12.0. The maximum Gasteiger partial charge on any atom is 0.359 e. The van der Waals surface area contributed by atoms with Crippen molar-refractivity contribution < 1.29 is 14.3 Å². The van der Waals surface area contributed by atoms with Crippen LogP contribution in [0.15, 0.2) is 35.6 Å². The van der Waals surface area contributed by atoms with E-state index < -0.39 is 18.5 Å². The van der Waals surface area contributed by atoms with Crippen LogP contribution in [-0.4, -0.2) is 34.7 Å². The second-order valence-corrected chi connectivity index (χ2v) is 5.87. The topological polar surface area (TPSA) is 81.2 Å². The lowest BCUT2D eigenvalue weighted by atomic mass is 10.1. The Balaban J connectivity index is 1.97. The number of para-hydroxylation sites is 1. The fourth-order valence-electron chi connectivity index (χ4n) is 1.93. The van der Waals surface area contributed by atoms with E-state index in [2.05, 4.69) is 15.3 Å². The molecule has 0 saturated heterocycles. The number of benzene rings is 1. The summed E-state index contributed by atoms with van der Waals surface area (Å²) in [5, 5.41) is 3.19. The number of hydrogen-bond acceptors (Lipinski definition) is 6. The summed E-state index contributed by atoms with van der Waals surface area (Å²) in [4.78, 5) is 31.9. The molecular formula is C16H16ClN3O3S. The van der Waals surface area contributed by atoms with Crippen molar-refractivity contribution in [1.82, 2.24) is 9.97 Å². The number of aromatic nitrogens is 2. The number of ether oxygens (including phenoxy) is 1. The van der Waals surface area contributed by atoms with Gasteiger partial charge in [0.05, 0.1) is 11.2 Å². The van der Waals surface area contributed by atoms with E-state index in [1.165, 1.54) is 18.0 Å². The van der Waals surface area contributed by atoms with Crippen LogP contribution in [0.1, 0.15) is 23.0 Å². The highest BCUT2D eigenvalue weighted by Crippen LogP contribution is 2.18. The van der Waals surface area contributed by atoms with Crippen LogP contribution in [0.2, 0.25) is 5.02 Å². The van der Waals surface area contributed by atoms with Crippen molar-refractivity contribution in [2.24, 2.45) is 0 Å². The van der Waals surface area contributed by atoms with Crippen LogP contribution in [0, 0.1) is 0 Å². The van der Waals surface area contributed by atoms with Crippen LogP contribution in [0.4, 0.5) is 5.69 Å². The highest BCUT2D eigenvalue weighted by Gasteiger charge is 2.17.